The Hall–Kier alpha value is -3.96. The molecule has 0 aliphatic carbocycles. The van der Waals surface area contributed by atoms with Crippen LogP contribution in [0.25, 0.3) is 22.3 Å². The standard InChI is InChI=1S/C21H15N5O2S/c1-28-18-10-6-5-9-16(18)17-13-29-21-24-20(25-26(17)21)23-19(27)15(12-22)11-14-7-3-2-4-8-14/h2-11,13H,1H3,(H,23,25,27)/b15-11+. The molecule has 0 spiro atoms. The molecule has 2 aromatic carbocycles. The third-order valence-electron chi connectivity index (χ3n) is 4.17. The van der Waals surface area contributed by atoms with Crippen molar-refractivity contribution in [2.75, 3.05) is 12.4 Å². The van der Waals surface area contributed by atoms with E-state index in [1.807, 2.05) is 66.0 Å². The summed E-state index contributed by atoms with van der Waals surface area (Å²) in [4.78, 5) is 17.5. The zero-order valence-electron chi connectivity index (χ0n) is 15.4. The second-order valence-corrected chi connectivity index (χ2v) is 6.82. The largest absolute Gasteiger partial charge is 0.496 e. The molecule has 1 N–H and O–H groups in total. The molecule has 2 heterocycles. The van der Waals surface area contributed by atoms with Crippen LogP contribution in [0.3, 0.4) is 0 Å². The van der Waals surface area contributed by atoms with Crippen LogP contribution in [0.4, 0.5) is 5.95 Å². The molecule has 0 bridgehead atoms. The molecule has 29 heavy (non-hydrogen) atoms. The minimum atomic E-state index is -0.562. The Labute approximate surface area is 170 Å². The average Bonchev–Trinajstić information content (AvgIpc) is 3.32. The number of benzene rings is 2. The maximum absolute atomic E-state index is 12.5. The van der Waals surface area contributed by atoms with E-state index in [2.05, 4.69) is 15.4 Å². The fourth-order valence-corrected chi connectivity index (χ4v) is 3.63. The lowest BCUT2D eigenvalue weighted by atomic mass is 10.1. The van der Waals surface area contributed by atoms with E-state index < -0.39 is 5.91 Å². The van der Waals surface area contributed by atoms with Crippen molar-refractivity contribution < 1.29 is 9.53 Å². The number of para-hydroxylation sites is 1. The Balaban J connectivity index is 1.63. The summed E-state index contributed by atoms with van der Waals surface area (Å²) in [5, 5.41) is 18.3. The van der Waals surface area contributed by atoms with E-state index in [-0.39, 0.29) is 11.5 Å². The number of fused-ring (bicyclic) bond motifs is 1. The van der Waals surface area contributed by atoms with Gasteiger partial charge in [0.25, 0.3) is 11.9 Å². The second-order valence-electron chi connectivity index (χ2n) is 5.99. The lowest BCUT2D eigenvalue weighted by molar-refractivity contribution is -0.112. The highest BCUT2D eigenvalue weighted by Crippen LogP contribution is 2.32. The summed E-state index contributed by atoms with van der Waals surface area (Å²) in [5.41, 5.74) is 2.40. The Kier molecular flexibility index (Phi) is 5.05. The molecule has 0 atom stereocenters. The molecule has 0 fully saturated rings. The molecule has 0 aliphatic rings. The topological polar surface area (TPSA) is 92.3 Å². The van der Waals surface area contributed by atoms with Crippen LogP contribution in [0.15, 0.2) is 65.6 Å². The molecule has 7 nitrogen and oxygen atoms in total. The van der Waals surface area contributed by atoms with E-state index in [0.717, 1.165) is 16.8 Å². The number of carbonyl (C=O) groups excluding carboxylic acids is 1. The summed E-state index contributed by atoms with van der Waals surface area (Å²) < 4.78 is 7.07. The predicted molar refractivity (Wildman–Crippen MR) is 112 cm³/mol. The van der Waals surface area contributed by atoms with Gasteiger partial charge in [-0.1, -0.05) is 42.5 Å². The zero-order valence-corrected chi connectivity index (χ0v) is 16.2. The third-order valence-corrected chi connectivity index (χ3v) is 4.98. The van der Waals surface area contributed by atoms with Gasteiger partial charge in [-0.25, -0.2) is 4.52 Å². The normalized spacial score (nSPS) is 11.2. The number of hydrogen-bond acceptors (Lipinski definition) is 6. The van der Waals surface area contributed by atoms with Gasteiger partial charge in [-0.3, -0.25) is 10.1 Å². The van der Waals surface area contributed by atoms with Crippen LogP contribution in [0, 0.1) is 11.3 Å². The molecular formula is C21H15N5O2S. The van der Waals surface area contributed by atoms with Crippen molar-refractivity contribution in [2.24, 2.45) is 0 Å². The van der Waals surface area contributed by atoms with Crippen molar-refractivity contribution in [1.29, 1.82) is 5.26 Å². The number of ether oxygens (including phenoxy) is 1. The molecule has 0 aliphatic heterocycles. The van der Waals surface area contributed by atoms with Gasteiger partial charge >= 0.3 is 0 Å². The molecule has 142 valence electrons. The van der Waals surface area contributed by atoms with Gasteiger partial charge in [0, 0.05) is 10.9 Å². The first-order chi connectivity index (χ1) is 14.2. The highest BCUT2D eigenvalue weighted by atomic mass is 32.1. The van der Waals surface area contributed by atoms with Gasteiger partial charge in [-0.2, -0.15) is 10.2 Å². The third kappa shape index (κ3) is 3.72. The number of anilines is 1. The minimum absolute atomic E-state index is 0.0284. The number of hydrogen-bond donors (Lipinski definition) is 1. The summed E-state index contributed by atoms with van der Waals surface area (Å²) in [6.45, 7) is 0. The Bertz CT molecular complexity index is 1250. The summed E-state index contributed by atoms with van der Waals surface area (Å²) in [6, 6.07) is 18.7. The highest BCUT2D eigenvalue weighted by Gasteiger charge is 2.17. The van der Waals surface area contributed by atoms with E-state index in [4.69, 9.17) is 4.74 Å². The molecule has 0 unspecified atom stereocenters. The highest BCUT2D eigenvalue weighted by molar-refractivity contribution is 7.15. The molecule has 8 heteroatoms. The fraction of sp³-hybridized carbons (Fsp3) is 0.0476. The number of nitrogens with zero attached hydrogens (tertiary/aromatic N) is 4. The molecule has 4 aromatic rings. The van der Waals surface area contributed by atoms with Gasteiger partial charge in [0.15, 0.2) is 0 Å². The lowest BCUT2D eigenvalue weighted by Crippen LogP contribution is -2.14. The van der Waals surface area contributed by atoms with Crippen LogP contribution in [0.2, 0.25) is 0 Å². The van der Waals surface area contributed by atoms with Crippen LogP contribution in [-0.2, 0) is 4.79 Å². The molecule has 2 aromatic heterocycles. The number of rotatable bonds is 5. The monoisotopic (exact) mass is 401 g/mol. The minimum Gasteiger partial charge on any atom is -0.496 e. The number of methoxy groups -OCH3 is 1. The van der Waals surface area contributed by atoms with Crippen molar-refractivity contribution in [1.82, 2.24) is 14.6 Å². The van der Waals surface area contributed by atoms with E-state index in [9.17, 15) is 10.1 Å². The number of carbonyl (C=O) groups is 1. The lowest BCUT2D eigenvalue weighted by Gasteiger charge is -2.06. The summed E-state index contributed by atoms with van der Waals surface area (Å²) >= 11 is 1.40. The molecule has 0 saturated heterocycles. The molecule has 0 saturated carbocycles. The summed E-state index contributed by atoms with van der Waals surface area (Å²) in [6.07, 6.45) is 1.52. The average molecular weight is 401 g/mol. The first-order valence-electron chi connectivity index (χ1n) is 8.65. The molecular weight excluding hydrogens is 386 g/mol. The van der Waals surface area contributed by atoms with E-state index in [0.29, 0.717) is 10.7 Å². The van der Waals surface area contributed by atoms with E-state index >= 15 is 0 Å². The maximum Gasteiger partial charge on any atom is 0.268 e. The number of nitrogens with one attached hydrogen (secondary N) is 1. The maximum atomic E-state index is 12.5. The van der Waals surface area contributed by atoms with Gasteiger partial charge in [0.2, 0.25) is 4.96 Å². The molecule has 0 radical (unpaired) electrons. The van der Waals surface area contributed by atoms with Crippen LogP contribution >= 0.6 is 11.3 Å². The number of thiazole rings is 1. The Morgan fingerprint density at radius 1 is 1.21 bits per heavy atom. The fourth-order valence-electron chi connectivity index (χ4n) is 2.81. The molecule has 4 rings (SSSR count). The van der Waals surface area contributed by atoms with Crippen LogP contribution in [-0.4, -0.2) is 27.6 Å². The SMILES string of the molecule is COc1ccccc1-c1csc2nc(NC(=O)/C(C#N)=C/c3ccccc3)nn12. The van der Waals surface area contributed by atoms with Crippen molar-refractivity contribution in [3.8, 4) is 23.1 Å². The van der Waals surface area contributed by atoms with Crippen molar-refractivity contribution in [2.45, 2.75) is 0 Å². The Morgan fingerprint density at radius 3 is 2.72 bits per heavy atom. The van der Waals surface area contributed by atoms with Crippen molar-refractivity contribution in [3.05, 3.63) is 71.1 Å². The van der Waals surface area contributed by atoms with E-state index in [1.165, 1.54) is 17.4 Å². The number of amides is 1. The Morgan fingerprint density at radius 2 is 1.97 bits per heavy atom. The van der Waals surface area contributed by atoms with Crippen LogP contribution < -0.4 is 10.1 Å². The zero-order chi connectivity index (χ0) is 20.2. The van der Waals surface area contributed by atoms with Gasteiger partial charge in [-0.15, -0.1) is 16.4 Å². The first-order valence-corrected chi connectivity index (χ1v) is 9.53. The van der Waals surface area contributed by atoms with E-state index in [1.54, 1.807) is 11.6 Å². The van der Waals surface area contributed by atoms with Crippen LogP contribution in [0.1, 0.15) is 5.56 Å². The smallest absolute Gasteiger partial charge is 0.268 e. The van der Waals surface area contributed by atoms with Gasteiger partial charge in [0.05, 0.1) is 12.8 Å². The van der Waals surface area contributed by atoms with Crippen LogP contribution in [0.5, 0.6) is 5.75 Å². The summed E-state index contributed by atoms with van der Waals surface area (Å²) in [7, 11) is 1.61. The second kappa shape index (κ2) is 7.96. The van der Waals surface area contributed by atoms with Gasteiger partial charge in [0.1, 0.15) is 17.4 Å². The van der Waals surface area contributed by atoms with Gasteiger partial charge in [-0.05, 0) is 23.8 Å². The predicted octanol–water partition coefficient (Wildman–Crippen LogP) is 4.01. The first kappa shape index (κ1) is 18.4. The van der Waals surface area contributed by atoms with Crippen molar-refractivity contribution in [3.63, 3.8) is 0 Å². The summed E-state index contributed by atoms with van der Waals surface area (Å²) in [5.74, 6) is 0.284. The van der Waals surface area contributed by atoms with Crippen molar-refractivity contribution >= 4 is 34.2 Å². The van der Waals surface area contributed by atoms with Gasteiger partial charge < -0.3 is 4.74 Å². The number of aromatic nitrogens is 3. The molecule has 1 amide bonds. The number of nitriles is 1. The quantitative estimate of drug-likeness (QED) is 0.403.